The number of rotatable bonds is 4. The average molecular weight is 227 g/mol. The molecule has 0 aliphatic rings. The van der Waals surface area contributed by atoms with E-state index in [0.29, 0.717) is 6.42 Å². The highest BCUT2D eigenvalue weighted by Crippen LogP contribution is 2.34. The van der Waals surface area contributed by atoms with E-state index in [2.05, 4.69) is 6.07 Å². The highest BCUT2D eigenvalue weighted by molar-refractivity contribution is 5.40. The molecule has 0 saturated carbocycles. The van der Waals surface area contributed by atoms with E-state index >= 15 is 0 Å². The Kier molecular flexibility index (Phi) is 3.46. The Morgan fingerprint density at radius 2 is 2.12 bits per heavy atom. The van der Waals surface area contributed by atoms with Crippen molar-refractivity contribution in [3.63, 3.8) is 0 Å². The van der Waals surface area contributed by atoms with Crippen molar-refractivity contribution in [3.05, 3.63) is 54.0 Å². The minimum atomic E-state index is -0.0776. The van der Waals surface area contributed by atoms with Crippen molar-refractivity contribution in [3.8, 4) is 11.8 Å². The minimum Gasteiger partial charge on any atom is -0.496 e. The van der Waals surface area contributed by atoms with Gasteiger partial charge < -0.3 is 9.15 Å². The van der Waals surface area contributed by atoms with E-state index in [9.17, 15) is 0 Å². The predicted molar refractivity (Wildman–Crippen MR) is 63.8 cm³/mol. The van der Waals surface area contributed by atoms with E-state index in [-0.39, 0.29) is 5.92 Å². The van der Waals surface area contributed by atoms with Crippen LogP contribution in [-0.2, 0) is 0 Å². The molecule has 0 N–H and O–H groups in total. The number of hydrogen-bond donors (Lipinski definition) is 0. The summed E-state index contributed by atoms with van der Waals surface area (Å²) >= 11 is 0. The second kappa shape index (κ2) is 5.22. The van der Waals surface area contributed by atoms with Gasteiger partial charge in [-0.2, -0.15) is 5.26 Å². The molecule has 0 unspecified atom stereocenters. The lowest BCUT2D eigenvalue weighted by Gasteiger charge is -2.15. The SMILES string of the molecule is COc1ccccc1[C@H](CC#N)c1ccco1. The second-order valence-corrected chi connectivity index (χ2v) is 3.67. The van der Waals surface area contributed by atoms with Crippen LogP contribution in [0, 0.1) is 11.3 Å². The fourth-order valence-electron chi connectivity index (χ4n) is 1.90. The maximum Gasteiger partial charge on any atom is 0.122 e. The minimum absolute atomic E-state index is 0.0776. The standard InChI is InChI=1S/C14H13NO2/c1-16-13-6-3-2-5-11(13)12(8-9-15)14-7-4-10-17-14/h2-7,10,12H,8H2,1H3/t12-/m0/s1. The number of benzene rings is 1. The molecule has 17 heavy (non-hydrogen) atoms. The maximum absolute atomic E-state index is 8.93. The monoisotopic (exact) mass is 227 g/mol. The molecule has 0 fully saturated rings. The number of nitriles is 1. The second-order valence-electron chi connectivity index (χ2n) is 3.67. The summed E-state index contributed by atoms with van der Waals surface area (Å²) in [5.74, 6) is 1.49. The molecule has 0 aliphatic heterocycles. The van der Waals surface area contributed by atoms with Gasteiger partial charge >= 0.3 is 0 Å². The molecule has 0 bridgehead atoms. The third-order valence-corrected chi connectivity index (χ3v) is 2.70. The quantitative estimate of drug-likeness (QED) is 0.804. The summed E-state index contributed by atoms with van der Waals surface area (Å²) in [5.41, 5.74) is 0.978. The van der Waals surface area contributed by atoms with Crippen LogP contribution in [0.3, 0.4) is 0 Å². The number of hydrogen-bond acceptors (Lipinski definition) is 3. The van der Waals surface area contributed by atoms with E-state index in [1.54, 1.807) is 13.4 Å². The van der Waals surface area contributed by atoms with Crippen molar-refractivity contribution in [2.45, 2.75) is 12.3 Å². The van der Waals surface area contributed by atoms with Gasteiger partial charge in [0.2, 0.25) is 0 Å². The molecule has 0 aliphatic carbocycles. The normalized spacial score (nSPS) is 11.8. The third-order valence-electron chi connectivity index (χ3n) is 2.70. The number of furan rings is 1. The first-order chi connectivity index (χ1) is 8.36. The smallest absolute Gasteiger partial charge is 0.122 e. The molecule has 3 heteroatoms. The van der Waals surface area contributed by atoms with Gasteiger partial charge in [-0.05, 0) is 18.2 Å². The van der Waals surface area contributed by atoms with E-state index in [1.165, 1.54) is 0 Å². The van der Waals surface area contributed by atoms with E-state index in [4.69, 9.17) is 14.4 Å². The molecule has 0 saturated heterocycles. The molecule has 1 aromatic carbocycles. The van der Waals surface area contributed by atoms with E-state index in [1.807, 2.05) is 36.4 Å². The van der Waals surface area contributed by atoms with Crippen LogP contribution in [0.2, 0.25) is 0 Å². The zero-order valence-corrected chi connectivity index (χ0v) is 9.59. The molecule has 2 aromatic rings. The summed E-state index contributed by atoms with van der Waals surface area (Å²) in [6.45, 7) is 0. The summed E-state index contributed by atoms with van der Waals surface area (Å²) in [4.78, 5) is 0. The summed E-state index contributed by atoms with van der Waals surface area (Å²) in [6, 6.07) is 13.6. The first-order valence-corrected chi connectivity index (χ1v) is 5.40. The van der Waals surface area contributed by atoms with Crippen LogP contribution in [0.4, 0.5) is 0 Å². The highest BCUT2D eigenvalue weighted by atomic mass is 16.5. The van der Waals surface area contributed by atoms with Crippen LogP contribution in [0.15, 0.2) is 47.1 Å². The van der Waals surface area contributed by atoms with Gasteiger partial charge in [0.05, 0.1) is 25.4 Å². The van der Waals surface area contributed by atoms with Crippen molar-refractivity contribution in [2.24, 2.45) is 0 Å². The fourth-order valence-corrected chi connectivity index (χ4v) is 1.90. The molecule has 0 radical (unpaired) electrons. The lowest BCUT2D eigenvalue weighted by molar-refractivity contribution is 0.402. The number of ether oxygens (including phenoxy) is 1. The molecule has 86 valence electrons. The molecule has 1 heterocycles. The molecule has 1 atom stereocenters. The zero-order chi connectivity index (χ0) is 12.1. The third kappa shape index (κ3) is 2.31. The number of methoxy groups -OCH3 is 1. The van der Waals surface area contributed by atoms with Crippen LogP contribution in [-0.4, -0.2) is 7.11 Å². The molecule has 1 aromatic heterocycles. The Bertz CT molecular complexity index is 511. The molecule has 2 rings (SSSR count). The number of para-hydroxylation sites is 1. The first-order valence-electron chi connectivity index (χ1n) is 5.40. The Labute approximate surface area is 100 Å². The maximum atomic E-state index is 8.93. The summed E-state index contributed by atoms with van der Waals surface area (Å²) in [5, 5.41) is 8.93. The Morgan fingerprint density at radius 1 is 1.29 bits per heavy atom. The number of nitrogens with zero attached hydrogens (tertiary/aromatic N) is 1. The van der Waals surface area contributed by atoms with Crippen molar-refractivity contribution >= 4 is 0 Å². The Morgan fingerprint density at radius 3 is 2.76 bits per heavy atom. The summed E-state index contributed by atoms with van der Waals surface area (Å²) in [6.07, 6.45) is 1.99. The van der Waals surface area contributed by atoms with Crippen LogP contribution >= 0.6 is 0 Å². The fraction of sp³-hybridized carbons (Fsp3) is 0.214. The summed E-state index contributed by atoms with van der Waals surface area (Å²) in [7, 11) is 1.63. The molecular weight excluding hydrogens is 214 g/mol. The Hall–Kier alpha value is -2.21. The van der Waals surface area contributed by atoms with Crippen LogP contribution in [0.25, 0.3) is 0 Å². The van der Waals surface area contributed by atoms with Gasteiger partial charge in [0.25, 0.3) is 0 Å². The molecule has 3 nitrogen and oxygen atoms in total. The highest BCUT2D eigenvalue weighted by Gasteiger charge is 2.20. The summed E-state index contributed by atoms with van der Waals surface area (Å²) < 4.78 is 10.7. The van der Waals surface area contributed by atoms with Crippen molar-refractivity contribution in [1.82, 2.24) is 0 Å². The zero-order valence-electron chi connectivity index (χ0n) is 9.59. The molecule has 0 amide bonds. The van der Waals surface area contributed by atoms with Gasteiger partial charge in [-0.3, -0.25) is 0 Å². The van der Waals surface area contributed by atoms with Crippen molar-refractivity contribution in [2.75, 3.05) is 7.11 Å². The predicted octanol–water partition coefficient (Wildman–Crippen LogP) is 3.33. The first kappa shape index (κ1) is 11.3. The van der Waals surface area contributed by atoms with Gasteiger partial charge in [0, 0.05) is 12.0 Å². The topological polar surface area (TPSA) is 46.2 Å². The van der Waals surface area contributed by atoms with Crippen molar-refractivity contribution in [1.29, 1.82) is 5.26 Å². The van der Waals surface area contributed by atoms with Crippen LogP contribution in [0.1, 0.15) is 23.7 Å². The van der Waals surface area contributed by atoms with Gasteiger partial charge in [-0.1, -0.05) is 18.2 Å². The Balaban J connectivity index is 2.43. The lowest BCUT2D eigenvalue weighted by Crippen LogP contribution is -2.01. The van der Waals surface area contributed by atoms with E-state index in [0.717, 1.165) is 17.1 Å². The van der Waals surface area contributed by atoms with E-state index < -0.39 is 0 Å². The van der Waals surface area contributed by atoms with Gasteiger partial charge in [-0.25, -0.2) is 0 Å². The largest absolute Gasteiger partial charge is 0.496 e. The van der Waals surface area contributed by atoms with Gasteiger partial charge in [0.1, 0.15) is 11.5 Å². The lowest BCUT2D eigenvalue weighted by atomic mass is 9.93. The van der Waals surface area contributed by atoms with Gasteiger partial charge in [0.15, 0.2) is 0 Å². The van der Waals surface area contributed by atoms with Crippen molar-refractivity contribution < 1.29 is 9.15 Å². The molecule has 0 spiro atoms. The van der Waals surface area contributed by atoms with Crippen LogP contribution < -0.4 is 4.74 Å². The van der Waals surface area contributed by atoms with Gasteiger partial charge in [-0.15, -0.1) is 0 Å². The molecular formula is C14H13NO2. The average Bonchev–Trinajstić information content (AvgIpc) is 2.89. The van der Waals surface area contributed by atoms with Crippen LogP contribution in [0.5, 0.6) is 5.75 Å².